The molecular weight excluding hydrogens is 166 g/mol. The molecule has 66 valence electrons. The molecule has 0 heterocycles. The monoisotopic (exact) mass is 175 g/mol. The molecule has 0 atom stereocenters. The summed E-state index contributed by atoms with van der Waals surface area (Å²) >= 11 is 0. The van der Waals surface area contributed by atoms with Crippen LogP contribution in [0.2, 0.25) is 0 Å². The highest BCUT2D eigenvalue weighted by atomic mass is 16.2. The molecule has 0 spiro atoms. The van der Waals surface area contributed by atoms with Gasteiger partial charge in [0.05, 0.1) is 6.07 Å². The van der Waals surface area contributed by atoms with Crippen molar-refractivity contribution < 1.29 is 4.79 Å². The van der Waals surface area contributed by atoms with Gasteiger partial charge in [0.1, 0.15) is 6.54 Å². The summed E-state index contributed by atoms with van der Waals surface area (Å²) in [6.07, 6.45) is 0. The average Bonchev–Trinajstić information content (AvgIpc) is 2.19. The minimum absolute atomic E-state index is 0.0958. The van der Waals surface area contributed by atoms with Crippen molar-refractivity contribution in [2.75, 3.05) is 6.54 Å². The molecule has 4 nitrogen and oxygen atoms in total. The minimum Gasteiger partial charge on any atom is -0.286 e. The van der Waals surface area contributed by atoms with Crippen molar-refractivity contribution >= 4 is 5.91 Å². The first-order chi connectivity index (χ1) is 6.34. The Morgan fingerprint density at radius 1 is 1.38 bits per heavy atom. The van der Waals surface area contributed by atoms with Gasteiger partial charge >= 0.3 is 0 Å². The van der Waals surface area contributed by atoms with Crippen molar-refractivity contribution in [3.8, 4) is 6.07 Å². The second kappa shape index (κ2) is 4.91. The molecule has 1 amide bonds. The molecule has 0 aliphatic carbocycles. The number of amides is 1. The first-order valence-electron chi connectivity index (χ1n) is 3.80. The van der Waals surface area contributed by atoms with E-state index in [1.807, 2.05) is 12.1 Å². The highest BCUT2D eigenvalue weighted by Crippen LogP contribution is 1.96. The summed E-state index contributed by atoms with van der Waals surface area (Å²) in [6.45, 7) is 0.0958. The van der Waals surface area contributed by atoms with E-state index in [1.54, 1.807) is 24.3 Å². The summed E-state index contributed by atoms with van der Waals surface area (Å²) in [7, 11) is 0. The predicted molar refractivity (Wildman–Crippen MR) is 47.5 cm³/mol. The van der Waals surface area contributed by atoms with Gasteiger partial charge in [-0.05, 0) is 12.1 Å². The zero-order chi connectivity index (χ0) is 9.52. The Hall–Kier alpha value is -1.86. The zero-order valence-corrected chi connectivity index (χ0v) is 6.95. The summed E-state index contributed by atoms with van der Waals surface area (Å²) in [4.78, 5) is 11.2. The van der Waals surface area contributed by atoms with Gasteiger partial charge in [-0.3, -0.25) is 10.2 Å². The SMILES string of the molecule is N#CCNNC(=O)c1ccccc1. The lowest BCUT2D eigenvalue weighted by atomic mass is 10.2. The van der Waals surface area contributed by atoms with Crippen LogP contribution in [0.3, 0.4) is 0 Å². The summed E-state index contributed by atoms with van der Waals surface area (Å²) in [5.41, 5.74) is 5.42. The summed E-state index contributed by atoms with van der Waals surface area (Å²) in [5, 5.41) is 8.19. The highest BCUT2D eigenvalue weighted by molar-refractivity contribution is 5.93. The maximum Gasteiger partial charge on any atom is 0.265 e. The van der Waals surface area contributed by atoms with E-state index >= 15 is 0 Å². The number of rotatable bonds is 3. The van der Waals surface area contributed by atoms with Crippen molar-refractivity contribution in [3.63, 3.8) is 0 Å². The van der Waals surface area contributed by atoms with Gasteiger partial charge in [-0.2, -0.15) is 5.26 Å². The summed E-state index contributed by atoms with van der Waals surface area (Å²) in [5.74, 6) is -0.240. The van der Waals surface area contributed by atoms with Crippen molar-refractivity contribution in [3.05, 3.63) is 35.9 Å². The molecule has 0 aromatic heterocycles. The molecule has 0 aliphatic heterocycles. The first-order valence-corrected chi connectivity index (χ1v) is 3.80. The van der Waals surface area contributed by atoms with Crippen LogP contribution in [0.5, 0.6) is 0 Å². The molecule has 13 heavy (non-hydrogen) atoms. The lowest BCUT2D eigenvalue weighted by molar-refractivity contribution is 0.0936. The molecule has 0 aliphatic rings. The van der Waals surface area contributed by atoms with Gasteiger partial charge in [0.15, 0.2) is 0 Å². The van der Waals surface area contributed by atoms with E-state index < -0.39 is 0 Å². The van der Waals surface area contributed by atoms with Crippen LogP contribution in [-0.4, -0.2) is 12.5 Å². The van der Waals surface area contributed by atoms with E-state index in [4.69, 9.17) is 5.26 Å². The number of carbonyl (C=O) groups excluding carboxylic acids is 1. The molecule has 1 aromatic rings. The molecular formula is C9H9N3O. The fourth-order valence-electron chi connectivity index (χ4n) is 0.826. The van der Waals surface area contributed by atoms with E-state index in [0.29, 0.717) is 5.56 Å². The van der Waals surface area contributed by atoms with Gasteiger partial charge in [-0.25, -0.2) is 5.43 Å². The predicted octanol–water partition coefficient (Wildman–Crippen LogP) is 0.445. The Kier molecular flexibility index (Phi) is 3.48. The zero-order valence-electron chi connectivity index (χ0n) is 6.95. The largest absolute Gasteiger partial charge is 0.286 e. The molecule has 0 bridgehead atoms. The number of nitrogens with one attached hydrogen (secondary N) is 2. The molecule has 1 rings (SSSR count). The van der Waals surface area contributed by atoms with Crippen LogP contribution in [0.1, 0.15) is 10.4 Å². The minimum atomic E-state index is -0.240. The summed E-state index contributed by atoms with van der Waals surface area (Å²) < 4.78 is 0. The third-order valence-electron chi connectivity index (χ3n) is 1.41. The second-order valence-electron chi connectivity index (χ2n) is 2.33. The van der Waals surface area contributed by atoms with Crippen LogP contribution < -0.4 is 10.9 Å². The number of hydrogen-bond acceptors (Lipinski definition) is 3. The number of nitriles is 1. The van der Waals surface area contributed by atoms with Gasteiger partial charge in [-0.1, -0.05) is 18.2 Å². The van der Waals surface area contributed by atoms with Crippen LogP contribution in [0.15, 0.2) is 30.3 Å². The fraction of sp³-hybridized carbons (Fsp3) is 0.111. The number of benzene rings is 1. The molecule has 1 aromatic carbocycles. The molecule has 0 radical (unpaired) electrons. The third kappa shape index (κ3) is 2.93. The Labute approximate surface area is 76.2 Å². The average molecular weight is 175 g/mol. The van der Waals surface area contributed by atoms with Crippen LogP contribution in [0.25, 0.3) is 0 Å². The van der Waals surface area contributed by atoms with Crippen LogP contribution in [0, 0.1) is 11.3 Å². The van der Waals surface area contributed by atoms with Crippen LogP contribution in [0.4, 0.5) is 0 Å². The van der Waals surface area contributed by atoms with E-state index in [9.17, 15) is 4.79 Å². The molecule has 0 unspecified atom stereocenters. The van der Waals surface area contributed by atoms with Gasteiger partial charge in [-0.15, -0.1) is 0 Å². The molecule has 0 fully saturated rings. The maximum atomic E-state index is 11.2. The van der Waals surface area contributed by atoms with Crippen molar-refractivity contribution in [1.82, 2.24) is 10.9 Å². The maximum absolute atomic E-state index is 11.2. The number of hydrogen-bond donors (Lipinski definition) is 2. The highest BCUT2D eigenvalue weighted by Gasteiger charge is 2.01. The van der Waals surface area contributed by atoms with Gasteiger partial charge < -0.3 is 0 Å². The standard InChI is InChI=1S/C9H9N3O/c10-6-7-11-12-9(13)8-4-2-1-3-5-8/h1-5,11H,7H2,(H,12,13). The van der Waals surface area contributed by atoms with Crippen LogP contribution >= 0.6 is 0 Å². The van der Waals surface area contributed by atoms with E-state index in [2.05, 4.69) is 10.9 Å². The second-order valence-corrected chi connectivity index (χ2v) is 2.33. The van der Waals surface area contributed by atoms with Gasteiger partial charge in [0.25, 0.3) is 5.91 Å². The van der Waals surface area contributed by atoms with Gasteiger partial charge in [0.2, 0.25) is 0 Å². The Morgan fingerprint density at radius 2 is 2.08 bits per heavy atom. The third-order valence-corrected chi connectivity index (χ3v) is 1.41. The lowest BCUT2D eigenvalue weighted by Crippen LogP contribution is -2.37. The van der Waals surface area contributed by atoms with Gasteiger partial charge in [0, 0.05) is 5.56 Å². The summed E-state index contributed by atoms with van der Waals surface area (Å²) in [6, 6.07) is 10.6. The van der Waals surface area contributed by atoms with Crippen LogP contribution in [-0.2, 0) is 0 Å². The molecule has 2 N–H and O–H groups in total. The van der Waals surface area contributed by atoms with E-state index in [-0.39, 0.29) is 12.5 Å². The fourth-order valence-corrected chi connectivity index (χ4v) is 0.826. The smallest absolute Gasteiger partial charge is 0.265 e. The number of carbonyl (C=O) groups is 1. The van der Waals surface area contributed by atoms with Crippen molar-refractivity contribution in [1.29, 1.82) is 5.26 Å². The van der Waals surface area contributed by atoms with Crippen molar-refractivity contribution in [2.45, 2.75) is 0 Å². The quantitative estimate of drug-likeness (QED) is 0.398. The Morgan fingerprint density at radius 3 is 2.69 bits per heavy atom. The van der Waals surface area contributed by atoms with E-state index in [1.165, 1.54) is 0 Å². The molecule has 4 heteroatoms. The normalized spacial score (nSPS) is 8.85. The topological polar surface area (TPSA) is 64.9 Å². The van der Waals surface area contributed by atoms with Crippen molar-refractivity contribution in [2.24, 2.45) is 0 Å². The Balaban J connectivity index is 2.46. The molecule has 0 saturated heterocycles. The molecule has 0 saturated carbocycles. The lowest BCUT2D eigenvalue weighted by Gasteiger charge is -2.02. The number of nitrogens with zero attached hydrogens (tertiary/aromatic N) is 1. The van der Waals surface area contributed by atoms with E-state index in [0.717, 1.165) is 0 Å². The Bertz CT molecular complexity index is 315. The first kappa shape index (κ1) is 9.23. The number of hydrazine groups is 1.